The third-order valence-electron chi connectivity index (χ3n) is 4.23. The molecule has 1 aromatic rings. The summed E-state index contributed by atoms with van der Waals surface area (Å²) in [5.41, 5.74) is 6.83. The van der Waals surface area contributed by atoms with Crippen molar-refractivity contribution in [1.29, 1.82) is 0 Å². The predicted octanol–water partition coefficient (Wildman–Crippen LogP) is -0.351. The van der Waals surface area contributed by atoms with Crippen LogP contribution in [-0.2, 0) is 20.8 Å². The van der Waals surface area contributed by atoms with Gasteiger partial charge in [-0.05, 0) is 17.9 Å². The van der Waals surface area contributed by atoms with E-state index in [9.17, 15) is 14.4 Å². The van der Waals surface area contributed by atoms with Gasteiger partial charge in [0.05, 0.1) is 12.6 Å². The van der Waals surface area contributed by atoms with E-state index in [-0.39, 0.29) is 5.92 Å². The Morgan fingerprint density at radius 3 is 2.23 bits per heavy atom. The molecule has 0 fully saturated rings. The van der Waals surface area contributed by atoms with Crippen molar-refractivity contribution in [2.45, 2.75) is 44.8 Å². The van der Waals surface area contributed by atoms with Gasteiger partial charge in [0.2, 0.25) is 11.8 Å². The topological polar surface area (TPSA) is 142 Å². The van der Waals surface area contributed by atoms with Crippen LogP contribution in [0.1, 0.15) is 25.8 Å². The molecule has 144 valence electrons. The monoisotopic (exact) mass is 365 g/mol. The molecule has 0 aromatic heterocycles. The van der Waals surface area contributed by atoms with Crippen LogP contribution in [0.25, 0.3) is 0 Å². The minimum absolute atomic E-state index is 0.240. The second-order valence-electron chi connectivity index (χ2n) is 6.25. The number of carboxylic acid groups (broad SMARTS) is 1. The molecule has 0 radical (unpaired) electrons. The minimum Gasteiger partial charge on any atom is -0.480 e. The van der Waals surface area contributed by atoms with E-state index in [1.807, 2.05) is 37.3 Å². The maximum atomic E-state index is 12.4. The summed E-state index contributed by atoms with van der Waals surface area (Å²) in [4.78, 5) is 35.8. The molecule has 0 heterocycles. The molecule has 4 unspecified atom stereocenters. The molecule has 1 aromatic carbocycles. The number of aliphatic hydroxyl groups is 1. The van der Waals surface area contributed by atoms with Crippen molar-refractivity contribution in [3.63, 3.8) is 0 Å². The van der Waals surface area contributed by atoms with Crippen LogP contribution in [-0.4, -0.2) is 52.7 Å². The fraction of sp³-hybridized carbons (Fsp3) is 0.500. The number of carboxylic acids is 1. The standard InChI is InChI=1S/C18H27N3O5/c1-3-11(2)15(17(24)20-14(10-22)18(25)26)21-16(23)13(19)9-12-7-5-4-6-8-12/h4-8,11,13-15,22H,3,9-10,19H2,1-2H3,(H,20,24)(H,21,23)(H,25,26). The molecule has 0 bridgehead atoms. The molecule has 0 aliphatic heterocycles. The highest BCUT2D eigenvalue weighted by Crippen LogP contribution is 2.10. The highest BCUT2D eigenvalue weighted by atomic mass is 16.4. The molecule has 8 heteroatoms. The minimum atomic E-state index is -1.43. The fourth-order valence-corrected chi connectivity index (χ4v) is 2.37. The van der Waals surface area contributed by atoms with Crippen molar-refractivity contribution in [2.24, 2.45) is 11.7 Å². The van der Waals surface area contributed by atoms with Crippen molar-refractivity contribution in [3.05, 3.63) is 35.9 Å². The Morgan fingerprint density at radius 2 is 1.73 bits per heavy atom. The highest BCUT2D eigenvalue weighted by Gasteiger charge is 2.30. The quantitative estimate of drug-likeness (QED) is 0.384. The smallest absolute Gasteiger partial charge is 0.328 e. The van der Waals surface area contributed by atoms with Crippen LogP contribution in [0.15, 0.2) is 30.3 Å². The fourth-order valence-electron chi connectivity index (χ4n) is 2.37. The van der Waals surface area contributed by atoms with Crippen LogP contribution in [0.4, 0.5) is 0 Å². The molecule has 2 amide bonds. The van der Waals surface area contributed by atoms with Crippen molar-refractivity contribution in [2.75, 3.05) is 6.61 Å². The first-order valence-corrected chi connectivity index (χ1v) is 8.54. The molecular weight excluding hydrogens is 338 g/mol. The molecule has 1 rings (SSSR count). The molecule has 0 spiro atoms. The van der Waals surface area contributed by atoms with E-state index in [4.69, 9.17) is 15.9 Å². The van der Waals surface area contributed by atoms with Crippen LogP contribution in [0, 0.1) is 5.92 Å². The van der Waals surface area contributed by atoms with Gasteiger partial charge < -0.3 is 26.6 Å². The van der Waals surface area contributed by atoms with Gasteiger partial charge in [0.15, 0.2) is 0 Å². The molecule has 0 saturated heterocycles. The van der Waals surface area contributed by atoms with Gasteiger partial charge in [0, 0.05) is 0 Å². The van der Waals surface area contributed by atoms with E-state index in [2.05, 4.69) is 10.6 Å². The number of hydrogen-bond acceptors (Lipinski definition) is 5. The Morgan fingerprint density at radius 1 is 1.12 bits per heavy atom. The Kier molecular flexibility index (Phi) is 8.74. The summed E-state index contributed by atoms with van der Waals surface area (Å²) in [5.74, 6) is -2.75. The van der Waals surface area contributed by atoms with Gasteiger partial charge in [-0.3, -0.25) is 9.59 Å². The highest BCUT2D eigenvalue weighted by molar-refractivity contribution is 5.92. The maximum absolute atomic E-state index is 12.4. The number of hydrogen-bond donors (Lipinski definition) is 5. The van der Waals surface area contributed by atoms with Crippen molar-refractivity contribution < 1.29 is 24.6 Å². The van der Waals surface area contributed by atoms with Crippen LogP contribution in [0.5, 0.6) is 0 Å². The van der Waals surface area contributed by atoms with Gasteiger partial charge in [-0.1, -0.05) is 50.6 Å². The van der Waals surface area contributed by atoms with E-state index in [1.54, 1.807) is 6.92 Å². The van der Waals surface area contributed by atoms with Crippen molar-refractivity contribution >= 4 is 17.8 Å². The number of aliphatic hydroxyl groups excluding tert-OH is 1. The Labute approximate surface area is 152 Å². The average molecular weight is 365 g/mol. The second-order valence-corrected chi connectivity index (χ2v) is 6.25. The third-order valence-corrected chi connectivity index (χ3v) is 4.23. The molecule has 0 saturated carbocycles. The van der Waals surface area contributed by atoms with Crippen molar-refractivity contribution in [3.8, 4) is 0 Å². The SMILES string of the molecule is CCC(C)C(NC(=O)C(N)Cc1ccccc1)C(=O)NC(CO)C(=O)O. The van der Waals surface area contributed by atoms with Gasteiger partial charge in [0.1, 0.15) is 12.1 Å². The van der Waals surface area contributed by atoms with E-state index >= 15 is 0 Å². The number of carbonyl (C=O) groups is 3. The summed E-state index contributed by atoms with van der Waals surface area (Å²) >= 11 is 0. The molecule has 0 aliphatic carbocycles. The summed E-state index contributed by atoms with van der Waals surface area (Å²) < 4.78 is 0. The molecule has 6 N–H and O–H groups in total. The van der Waals surface area contributed by atoms with E-state index < -0.39 is 42.5 Å². The number of benzene rings is 1. The lowest BCUT2D eigenvalue weighted by molar-refractivity contribution is -0.143. The number of carbonyl (C=O) groups excluding carboxylic acids is 2. The number of nitrogens with two attached hydrogens (primary N) is 1. The summed E-state index contributed by atoms with van der Waals surface area (Å²) in [6.07, 6.45) is 0.902. The van der Waals surface area contributed by atoms with Gasteiger partial charge in [-0.25, -0.2) is 4.79 Å². The largest absolute Gasteiger partial charge is 0.480 e. The molecule has 26 heavy (non-hydrogen) atoms. The summed E-state index contributed by atoms with van der Waals surface area (Å²) in [5, 5.41) is 22.8. The zero-order valence-corrected chi connectivity index (χ0v) is 15.0. The Balaban J connectivity index is 2.78. The van der Waals surface area contributed by atoms with E-state index in [1.165, 1.54) is 0 Å². The number of rotatable bonds is 10. The van der Waals surface area contributed by atoms with Crippen molar-refractivity contribution in [1.82, 2.24) is 10.6 Å². The first-order valence-electron chi connectivity index (χ1n) is 8.54. The lowest BCUT2D eigenvalue weighted by atomic mass is 9.97. The van der Waals surface area contributed by atoms with Crippen LogP contribution >= 0.6 is 0 Å². The lowest BCUT2D eigenvalue weighted by Crippen LogP contribution is -2.57. The average Bonchev–Trinajstić information content (AvgIpc) is 2.63. The third kappa shape index (κ3) is 6.45. The zero-order valence-electron chi connectivity index (χ0n) is 15.0. The first-order chi connectivity index (χ1) is 12.3. The van der Waals surface area contributed by atoms with Crippen LogP contribution < -0.4 is 16.4 Å². The second kappa shape index (κ2) is 10.5. The van der Waals surface area contributed by atoms with Gasteiger partial charge in [0.25, 0.3) is 0 Å². The van der Waals surface area contributed by atoms with E-state index in [0.29, 0.717) is 12.8 Å². The van der Waals surface area contributed by atoms with E-state index in [0.717, 1.165) is 5.56 Å². The zero-order chi connectivity index (χ0) is 19.7. The summed E-state index contributed by atoms with van der Waals surface area (Å²) in [7, 11) is 0. The Hall–Kier alpha value is -2.45. The summed E-state index contributed by atoms with van der Waals surface area (Å²) in [6, 6.07) is 6.04. The van der Waals surface area contributed by atoms with Crippen LogP contribution in [0.2, 0.25) is 0 Å². The predicted molar refractivity (Wildman–Crippen MR) is 96.2 cm³/mol. The summed E-state index contributed by atoms with van der Waals surface area (Å²) in [6.45, 7) is 2.87. The number of nitrogens with one attached hydrogen (secondary N) is 2. The molecule has 4 atom stereocenters. The molecule has 0 aliphatic rings. The van der Waals surface area contributed by atoms with Gasteiger partial charge >= 0.3 is 5.97 Å². The number of amides is 2. The van der Waals surface area contributed by atoms with Gasteiger partial charge in [-0.2, -0.15) is 0 Å². The number of aliphatic carboxylic acids is 1. The lowest BCUT2D eigenvalue weighted by Gasteiger charge is -2.26. The molecule has 8 nitrogen and oxygen atoms in total. The normalized spacial score (nSPS) is 15.4. The van der Waals surface area contributed by atoms with Crippen LogP contribution in [0.3, 0.4) is 0 Å². The Bertz CT molecular complexity index is 608. The van der Waals surface area contributed by atoms with Gasteiger partial charge in [-0.15, -0.1) is 0 Å². The maximum Gasteiger partial charge on any atom is 0.328 e. The first kappa shape index (κ1) is 21.6. The molecular formula is C18H27N3O5.